The molecule has 2 nitrogen and oxygen atoms in total. The van der Waals surface area contributed by atoms with Crippen LogP contribution in [0.2, 0.25) is 0 Å². The lowest BCUT2D eigenvalue weighted by Gasteiger charge is -2.09. The second-order valence-corrected chi connectivity index (χ2v) is 4.64. The van der Waals surface area contributed by atoms with E-state index in [2.05, 4.69) is 42.9 Å². The summed E-state index contributed by atoms with van der Waals surface area (Å²) in [6.07, 6.45) is 5.70. The summed E-state index contributed by atoms with van der Waals surface area (Å²) in [5.41, 5.74) is 5.91. The van der Waals surface area contributed by atoms with Crippen molar-refractivity contribution in [2.75, 3.05) is 0 Å². The Kier molecular flexibility index (Phi) is 4.45. The third-order valence-electron chi connectivity index (χ3n) is 3.24. The minimum atomic E-state index is 0.892. The molecule has 1 aromatic heterocycles. The highest BCUT2D eigenvalue weighted by Crippen LogP contribution is 2.26. The van der Waals surface area contributed by atoms with Crippen molar-refractivity contribution in [3.05, 3.63) is 58.9 Å². The molecular formula is C17H20N2. The molecule has 0 bridgehead atoms. The van der Waals surface area contributed by atoms with Crippen LogP contribution in [0.15, 0.2) is 41.5 Å². The van der Waals surface area contributed by atoms with Crippen LogP contribution in [0.1, 0.15) is 36.2 Å². The minimum absolute atomic E-state index is 0.892. The molecular weight excluding hydrogens is 232 g/mol. The fourth-order valence-electron chi connectivity index (χ4n) is 2.17. The number of benzene rings is 1. The van der Waals surface area contributed by atoms with Crippen molar-refractivity contribution < 1.29 is 0 Å². The maximum atomic E-state index is 4.63. The number of aromatic nitrogens is 1. The van der Waals surface area contributed by atoms with Gasteiger partial charge in [-0.3, -0.25) is 9.98 Å². The molecule has 2 heteroatoms. The van der Waals surface area contributed by atoms with Gasteiger partial charge in [0, 0.05) is 6.20 Å². The third-order valence-corrected chi connectivity index (χ3v) is 3.24. The van der Waals surface area contributed by atoms with E-state index in [0.717, 1.165) is 24.2 Å². The Morgan fingerprint density at radius 2 is 2.00 bits per heavy atom. The average Bonchev–Trinajstić information content (AvgIpc) is 2.46. The fraction of sp³-hybridized carbons (Fsp3) is 0.294. The highest BCUT2D eigenvalue weighted by Gasteiger charge is 2.05. The highest BCUT2D eigenvalue weighted by molar-refractivity contribution is 5.80. The SMILES string of the molecule is CCc1cc(C)c(N=Cc2ccccn2)c(CC)c1. The summed E-state index contributed by atoms with van der Waals surface area (Å²) in [6.45, 7) is 6.49. The zero-order valence-electron chi connectivity index (χ0n) is 11.9. The van der Waals surface area contributed by atoms with Gasteiger partial charge in [0.15, 0.2) is 0 Å². The number of rotatable bonds is 4. The second kappa shape index (κ2) is 6.28. The van der Waals surface area contributed by atoms with Crippen molar-refractivity contribution in [1.82, 2.24) is 4.98 Å². The van der Waals surface area contributed by atoms with Crippen LogP contribution in [0.4, 0.5) is 5.69 Å². The van der Waals surface area contributed by atoms with Gasteiger partial charge in [0.1, 0.15) is 0 Å². The first-order valence-corrected chi connectivity index (χ1v) is 6.82. The van der Waals surface area contributed by atoms with Gasteiger partial charge in [0.05, 0.1) is 17.6 Å². The maximum absolute atomic E-state index is 4.63. The molecule has 0 amide bonds. The van der Waals surface area contributed by atoms with Gasteiger partial charge in [0.25, 0.3) is 0 Å². The van der Waals surface area contributed by atoms with Crippen molar-refractivity contribution in [1.29, 1.82) is 0 Å². The van der Waals surface area contributed by atoms with Crippen LogP contribution in [-0.2, 0) is 12.8 Å². The van der Waals surface area contributed by atoms with Gasteiger partial charge in [0.2, 0.25) is 0 Å². The molecule has 0 aliphatic heterocycles. The largest absolute Gasteiger partial charge is 0.255 e. The van der Waals surface area contributed by atoms with E-state index in [0.29, 0.717) is 0 Å². The number of aryl methyl sites for hydroxylation is 3. The lowest BCUT2D eigenvalue weighted by atomic mass is 10.0. The Hall–Kier alpha value is -1.96. The van der Waals surface area contributed by atoms with E-state index in [9.17, 15) is 0 Å². The summed E-state index contributed by atoms with van der Waals surface area (Å²) in [5.74, 6) is 0. The summed E-state index contributed by atoms with van der Waals surface area (Å²) in [4.78, 5) is 8.90. The molecule has 0 saturated heterocycles. The molecule has 0 N–H and O–H groups in total. The zero-order valence-corrected chi connectivity index (χ0v) is 11.9. The first kappa shape index (κ1) is 13.5. The third kappa shape index (κ3) is 3.28. The highest BCUT2D eigenvalue weighted by atomic mass is 14.8. The van der Waals surface area contributed by atoms with E-state index >= 15 is 0 Å². The smallest absolute Gasteiger partial charge is 0.0812 e. The van der Waals surface area contributed by atoms with Gasteiger partial charge in [-0.05, 0) is 48.6 Å². The number of pyridine rings is 1. The Labute approximate surface area is 115 Å². The molecule has 1 aromatic carbocycles. The van der Waals surface area contributed by atoms with Crippen LogP contribution in [0.25, 0.3) is 0 Å². The van der Waals surface area contributed by atoms with Crippen molar-refractivity contribution in [2.24, 2.45) is 4.99 Å². The number of aliphatic imine (C=N–C) groups is 1. The fourth-order valence-corrected chi connectivity index (χ4v) is 2.17. The van der Waals surface area contributed by atoms with Crippen molar-refractivity contribution >= 4 is 11.9 Å². The molecule has 2 aromatic rings. The number of nitrogens with zero attached hydrogens (tertiary/aromatic N) is 2. The van der Waals surface area contributed by atoms with Crippen molar-refractivity contribution in [3.8, 4) is 0 Å². The number of hydrogen-bond donors (Lipinski definition) is 0. The number of hydrogen-bond acceptors (Lipinski definition) is 2. The quantitative estimate of drug-likeness (QED) is 0.746. The second-order valence-electron chi connectivity index (χ2n) is 4.64. The molecule has 0 saturated carbocycles. The van der Waals surface area contributed by atoms with Gasteiger partial charge in [-0.15, -0.1) is 0 Å². The molecule has 0 unspecified atom stereocenters. The summed E-state index contributed by atoms with van der Waals surface area (Å²) >= 11 is 0. The molecule has 0 spiro atoms. The molecule has 98 valence electrons. The minimum Gasteiger partial charge on any atom is -0.255 e. The molecule has 0 fully saturated rings. The van der Waals surface area contributed by atoms with Crippen LogP contribution >= 0.6 is 0 Å². The molecule has 0 atom stereocenters. The predicted octanol–water partition coefficient (Wildman–Crippen LogP) is 4.27. The molecule has 0 radical (unpaired) electrons. The summed E-state index contributed by atoms with van der Waals surface area (Å²) in [5, 5.41) is 0. The van der Waals surface area contributed by atoms with E-state index in [1.54, 1.807) is 6.20 Å². The van der Waals surface area contributed by atoms with E-state index < -0.39 is 0 Å². The van der Waals surface area contributed by atoms with Crippen LogP contribution in [0.5, 0.6) is 0 Å². The molecule has 0 aliphatic carbocycles. The Bertz CT molecular complexity index is 571. The van der Waals surface area contributed by atoms with Gasteiger partial charge in [-0.2, -0.15) is 0 Å². The van der Waals surface area contributed by atoms with Gasteiger partial charge < -0.3 is 0 Å². The first-order valence-electron chi connectivity index (χ1n) is 6.82. The normalized spacial score (nSPS) is 11.1. The predicted molar refractivity (Wildman–Crippen MR) is 81.4 cm³/mol. The van der Waals surface area contributed by atoms with E-state index in [1.165, 1.54) is 16.7 Å². The standard InChI is InChI=1S/C17H20N2/c1-4-14-10-13(3)17(15(5-2)11-14)19-12-16-8-6-7-9-18-16/h6-12H,4-5H2,1-3H3. The maximum Gasteiger partial charge on any atom is 0.0812 e. The van der Waals surface area contributed by atoms with Gasteiger partial charge in [-0.1, -0.05) is 32.0 Å². The van der Waals surface area contributed by atoms with Gasteiger partial charge >= 0.3 is 0 Å². The average molecular weight is 252 g/mol. The van der Waals surface area contributed by atoms with Gasteiger partial charge in [-0.25, -0.2) is 0 Å². The topological polar surface area (TPSA) is 25.2 Å². The molecule has 0 aliphatic rings. The Balaban J connectivity index is 2.37. The van der Waals surface area contributed by atoms with Crippen LogP contribution in [0, 0.1) is 6.92 Å². The van der Waals surface area contributed by atoms with Crippen LogP contribution < -0.4 is 0 Å². The van der Waals surface area contributed by atoms with E-state index in [1.807, 2.05) is 24.4 Å². The summed E-state index contributed by atoms with van der Waals surface area (Å²) in [6, 6.07) is 10.3. The monoisotopic (exact) mass is 252 g/mol. The van der Waals surface area contributed by atoms with E-state index in [4.69, 9.17) is 0 Å². The van der Waals surface area contributed by atoms with Crippen molar-refractivity contribution in [3.63, 3.8) is 0 Å². The summed E-state index contributed by atoms with van der Waals surface area (Å²) in [7, 11) is 0. The molecule has 2 rings (SSSR count). The summed E-state index contributed by atoms with van der Waals surface area (Å²) < 4.78 is 0. The first-order chi connectivity index (χ1) is 9.24. The molecule has 19 heavy (non-hydrogen) atoms. The van der Waals surface area contributed by atoms with Crippen molar-refractivity contribution in [2.45, 2.75) is 33.6 Å². The lowest BCUT2D eigenvalue weighted by Crippen LogP contribution is -1.92. The Morgan fingerprint density at radius 3 is 2.63 bits per heavy atom. The Morgan fingerprint density at radius 1 is 1.16 bits per heavy atom. The van der Waals surface area contributed by atoms with Crippen LogP contribution in [-0.4, -0.2) is 11.2 Å². The zero-order chi connectivity index (χ0) is 13.7. The van der Waals surface area contributed by atoms with E-state index in [-0.39, 0.29) is 0 Å². The molecule has 1 heterocycles. The lowest BCUT2D eigenvalue weighted by molar-refractivity contribution is 1.07. The van der Waals surface area contributed by atoms with Crippen LogP contribution in [0.3, 0.4) is 0 Å².